The summed E-state index contributed by atoms with van der Waals surface area (Å²) in [5, 5.41) is 12.3. The predicted octanol–water partition coefficient (Wildman–Crippen LogP) is 0.548. The quantitative estimate of drug-likeness (QED) is 0.720. The number of furan rings is 1. The van der Waals surface area contributed by atoms with E-state index in [0.717, 1.165) is 51.1 Å². The van der Waals surface area contributed by atoms with E-state index < -0.39 is 0 Å². The van der Waals surface area contributed by atoms with Gasteiger partial charge in [-0.25, -0.2) is 0 Å². The lowest BCUT2D eigenvalue weighted by molar-refractivity contribution is -0.130. The number of nitrogens with one attached hydrogen (secondary N) is 1. The summed E-state index contributed by atoms with van der Waals surface area (Å²) >= 11 is 0. The minimum Gasteiger partial charge on any atom is -0.462 e. The van der Waals surface area contributed by atoms with Gasteiger partial charge in [0.25, 0.3) is 0 Å². The van der Waals surface area contributed by atoms with E-state index in [2.05, 4.69) is 22.2 Å². The molecule has 0 spiro atoms. The summed E-state index contributed by atoms with van der Waals surface area (Å²) in [5.41, 5.74) is 0. The first kappa shape index (κ1) is 20.4. The molecule has 1 aromatic rings. The van der Waals surface area contributed by atoms with Gasteiger partial charge in [-0.2, -0.15) is 0 Å². The van der Waals surface area contributed by atoms with Gasteiger partial charge in [0, 0.05) is 44.7 Å². The number of rotatable bonds is 6. The second kappa shape index (κ2) is 8.85. The summed E-state index contributed by atoms with van der Waals surface area (Å²) in [7, 11) is 2.09. The zero-order chi connectivity index (χ0) is 20.4. The molecular weight excluding hydrogens is 372 g/mol. The number of hydrogen-bond donors (Lipinski definition) is 2. The third-order valence-electron chi connectivity index (χ3n) is 6.73. The molecule has 8 nitrogen and oxygen atoms in total. The lowest BCUT2D eigenvalue weighted by Crippen LogP contribution is -2.49. The molecular formula is C21H32N4O4. The maximum absolute atomic E-state index is 12.9. The monoisotopic (exact) mass is 404 g/mol. The molecule has 1 aromatic heterocycles. The Morgan fingerprint density at radius 1 is 1.24 bits per heavy atom. The number of carbonyl (C=O) groups excluding carboxylic acids is 2. The highest BCUT2D eigenvalue weighted by atomic mass is 16.4. The van der Waals surface area contributed by atoms with Crippen LogP contribution in [0.25, 0.3) is 0 Å². The molecule has 0 radical (unpaired) electrons. The summed E-state index contributed by atoms with van der Waals surface area (Å²) in [5.74, 6) is 1.61. The molecule has 0 saturated carbocycles. The fraction of sp³-hybridized carbons (Fsp3) is 0.714. The van der Waals surface area contributed by atoms with Crippen LogP contribution in [0.15, 0.2) is 16.5 Å². The highest BCUT2D eigenvalue weighted by Crippen LogP contribution is 2.29. The van der Waals surface area contributed by atoms with Gasteiger partial charge in [0.1, 0.15) is 24.2 Å². The van der Waals surface area contributed by atoms with Crippen LogP contribution in [0.2, 0.25) is 0 Å². The number of hydrogen-bond acceptors (Lipinski definition) is 6. The fourth-order valence-corrected chi connectivity index (χ4v) is 5.03. The first-order valence-corrected chi connectivity index (χ1v) is 10.8. The lowest BCUT2D eigenvalue weighted by Gasteiger charge is -2.33. The van der Waals surface area contributed by atoms with Crippen LogP contribution in [0.3, 0.4) is 0 Å². The largest absolute Gasteiger partial charge is 0.462 e. The van der Waals surface area contributed by atoms with Crippen LogP contribution in [0.1, 0.15) is 43.6 Å². The van der Waals surface area contributed by atoms with E-state index in [0.29, 0.717) is 25.3 Å². The number of aliphatic hydroxyl groups is 1. The average molecular weight is 405 g/mol. The van der Waals surface area contributed by atoms with Crippen molar-refractivity contribution in [1.29, 1.82) is 0 Å². The van der Waals surface area contributed by atoms with Gasteiger partial charge in [0.05, 0.1) is 6.54 Å². The van der Waals surface area contributed by atoms with Crippen LogP contribution in [-0.4, -0.2) is 83.0 Å². The van der Waals surface area contributed by atoms with Gasteiger partial charge < -0.3 is 19.7 Å². The van der Waals surface area contributed by atoms with E-state index in [4.69, 9.17) is 4.42 Å². The van der Waals surface area contributed by atoms with Gasteiger partial charge in [0.2, 0.25) is 11.8 Å². The highest BCUT2D eigenvalue weighted by molar-refractivity contribution is 5.83. The standard InChI is InChI=1S/C21H32N4O4/c1-23-15(4-7-19(27)24-9-2-3-10-24)12-22-21(28)20-18(23)8-11-25(20)13-16-5-6-17(14-26)29-16/h5-6,15,18,20,26H,2-4,7-14H2,1H3,(H,22,28)/t15-,18-,20-/m0/s1. The molecule has 0 aliphatic carbocycles. The van der Waals surface area contributed by atoms with Crippen LogP contribution >= 0.6 is 0 Å². The van der Waals surface area contributed by atoms with Crippen LogP contribution in [0.4, 0.5) is 0 Å². The molecule has 3 fully saturated rings. The Morgan fingerprint density at radius 2 is 2.00 bits per heavy atom. The normalized spacial score (nSPS) is 28.4. The molecule has 29 heavy (non-hydrogen) atoms. The Morgan fingerprint density at radius 3 is 2.72 bits per heavy atom. The molecule has 3 aliphatic rings. The number of aliphatic hydroxyl groups excluding tert-OH is 1. The molecule has 3 saturated heterocycles. The molecule has 3 aliphatic heterocycles. The van der Waals surface area contributed by atoms with Crippen LogP contribution < -0.4 is 5.32 Å². The smallest absolute Gasteiger partial charge is 0.239 e. The third-order valence-corrected chi connectivity index (χ3v) is 6.73. The molecule has 2 amide bonds. The van der Waals surface area contributed by atoms with Crippen molar-refractivity contribution in [2.24, 2.45) is 0 Å². The van der Waals surface area contributed by atoms with E-state index in [1.807, 2.05) is 11.0 Å². The number of carbonyl (C=O) groups is 2. The maximum atomic E-state index is 12.9. The maximum Gasteiger partial charge on any atom is 0.239 e. The predicted molar refractivity (Wildman–Crippen MR) is 107 cm³/mol. The molecule has 0 aromatic carbocycles. The van der Waals surface area contributed by atoms with E-state index in [1.54, 1.807) is 6.07 Å². The van der Waals surface area contributed by atoms with Crippen molar-refractivity contribution in [2.45, 2.75) is 63.4 Å². The van der Waals surface area contributed by atoms with Gasteiger partial charge in [0.15, 0.2) is 0 Å². The summed E-state index contributed by atoms with van der Waals surface area (Å²) < 4.78 is 5.62. The summed E-state index contributed by atoms with van der Waals surface area (Å²) in [6, 6.07) is 3.73. The summed E-state index contributed by atoms with van der Waals surface area (Å²) in [4.78, 5) is 31.7. The van der Waals surface area contributed by atoms with Crippen molar-refractivity contribution in [1.82, 2.24) is 20.0 Å². The Balaban J connectivity index is 1.38. The number of amides is 2. The Labute approximate surface area is 171 Å². The SMILES string of the molecule is CN1[C@@H](CCC(=O)N2CCCC2)CNC(=O)[C@@H]2[C@@H]1CCN2Cc1ccc(CO)o1. The number of likely N-dealkylation sites (tertiary alicyclic amines) is 2. The van der Waals surface area contributed by atoms with E-state index in [-0.39, 0.29) is 36.5 Å². The summed E-state index contributed by atoms with van der Waals surface area (Å²) in [6.07, 6.45) is 4.45. The zero-order valence-corrected chi connectivity index (χ0v) is 17.2. The van der Waals surface area contributed by atoms with Gasteiger partial charge in [-0.05, 0) is 44.9 Å². The minimum absolute atomic E-state index is 0.0571. The zero-order valence-electron chi connectivity index (χ0n) is 17.2. The van der Waals surface area contributed by atoms with Crippen molar-refractivity contribution in [3.05, 3.63) is 23.7 Å². The van der Waals surface area contributed by atoms with Crippen molar-refractivity contribution in [2.75, 3.05) is 33.2 Å². The van der Waals surface area contributed by atoms with Crippen molar-refractivity contribution >= 4 is 11.8 Å². The number of fused-ring (bicyclic) bond motifs is 1. The van der Waals surface area contributed by atoms with Crippen molar-refractivity contribution in [3.8, 4) is 0 Å². The molecule has 3 atom stereocenters. The van der Waals surface area contributed by atoms with E-state index in [1.165, 1.54) is 0 Å². The van der Waals surface area contributed by atoms with Gasteiger partial charge in [-0.3, -0.25) is 19.4 Å². The lowest BCUT2D eigenvalue weighted by atomic mass is 10.0. The van der Waals surface area contributed by atoms with Crippen molar-refractivity contribution < 1.29 is 19.1 Å². The van der Waals surface area contributed by atoms with Crippen LogP contribution in [0, 0.1) is 0 Å². The van der Waals surface area contributed by atoms with Gasteiger partial charge in [-0.15, -0.1) is 0 Å². The molecule has 2 N–H and O–H groups in total. The first-order valence-electron chi connectivity index (χ1n) is 10.8. The van der Waals surface area contributed by atoms with Gasteiger partial charge in [-0.1, -0.05) is 0 Å². The Hall–Kier alpha value is -1.90. The molecule has 4 rings (SSSR count). The number of nitrogens with zero attached hydrogens (tertiary/aromatic N) is 3. The first-order chi connectivity index (χ1) is 14.1. The van der Waals surface area contributed by atoms with E-state index in [9.17, 15) is 14.7 Å². The molecule has 160 valence electrons. The highest BCUT2D eigenvalue weighted by Gasteiger charge is 2.45. The average Bonchev–Trinajstić information content (AvgIpc) is 3.46. The topological polar surface area (TPSA) is 89.3 Å². The summed E-state index contributed by atoms with van der Waals surface area (Å²) in [6.45, 7) is 3.62. The second-order valence-electron chi connectivity index (χ2n) is 8.49. The van der Waals surface area contributed by atoms with Crippen molar-refractivity contribution in [3.63, 3.8) is 0 Å². The number of likely N-dealkylation sites (N-methyl/N-ethyl adjacent to an activating group) is 1. The molecule has 4 heterocycles. The molecule has 0 bridgehead atoms. The molecule has 8 heteroatoms. The third kappa shape index (κ3) is 4.34. The second-order valence-corrected chi connectivity index (χ2v) is 8.49. The van der Waals surface area contributed by atoms with Crippen LogP contribution in [-0.2, 0) is 22.7 Å². The molecule has 0 unspecified atom stereocenters. The fourth-order valence-electron chi connectivity index (χ4n) is 5.03. The Bertz CT molecular complexity index is 730. The van der Waals surface area contributed by atoms with Crippen LogP contribution in [0.5, 0.6) is 0 Å². The Kier molecular flexibility index (Phi) is 6.22. The van der Waals surface area contributed by atoms with Gasteiger partial charge >= 0.3 is 0 Å². The van der Waals surface area contributed by atoms with E-state index >= 15 is 0 Å². The minimum atomic E-state index is -0.220.